The number of carbonyl (C=O) groups excluding carboxylic acids is 2. The van der Waals surface area contributed by atoms with Crippen molar-refractivity contribution in [1.82, 2.24) is 0 Å². The van der Waals surface area contributed by atoms with Crippen molar-refractivity contribution in [2.75, 3.05) is 0 Å². The molecule has 0 spiro atoms. The molecule has 0 saturated heterocycles. The molecule has 2 aromatic rings. The van der Waals surface area contributed by atoms with Gasteiger partial charge in [0.2, 0.25) is 5.78 Å². The van der Waals surface area contributed by atoms with Crippen molar-refractivity contribution < 1.29 is 24.2 Å². The van der Waals surface area contributed by atoms with Crippen LogP contribution in [0.4, 0.5) is 0 Å². The molecule has 2 N–H and O–H groups in total. The molecule has 0 aliphatic heterocycles. The monoisotopic (exact) mass is 258 g/mol. The summed E-state index contributed by atoms with van der Waals surface area (Å²) < 4.78 is 5.08. The van der Waals surface area contributed by atoms with Gasteiger partial charge in [0.1, 0.15) is 11.9 Å². The maximum Gasteiger partial charge on any atom is 0.201 e. The number of aromatic hydroxyl groups is 1. The summed E-state index contributed by atoms with van der Waals surface area (Å²) in [6, 6.07) is 4.46. The molecular weight excluding hydrogens is 248 g/mol. The summed E-state index contributed by atoms with van der Waals surface area (Å²) in [5.74, 6) is -1.22. The highest BCUT2D eigenvalue weighted by molar-refractivity contribution is 6.18. The maximum absolute atomic E-state index is 12.4. The Morgan fingerprint density at radius 3 is 2.68 bits per heavy atom. The van der Waals surface area contributed by atoms with E-state index >= 15 is 0 Å². The Bertz CT molecular complexity index is 711. The molecule has 1 atom stereocenters. The van der Waals surface area contributed by atoms with E-state index in [-0.39, 0.29) is 28.2 Å². The third-order valence-electron chi connectivity index (χ3n) is 3.26. The second-order valence-electron chi connectivity index (χ2n) is 4.42. The number of ketones is 2. The summed E-state index contributed by atoms with van der Waals surface area (Å²) in [4.78, 5) is 23.8. The number of phenols is 1. The van der Waals surface area contributed by atoms with Crippen LogP contribution in [-0.4, -0.2) is 21.8 Å². The van der Waals surface area contributed by atoms with E-state index in [4.69, 9.17) is 4.42 Å². The van der Waals surface area contributed by atoms with Crippen molar-refractivity contribution in [3.8, 4) is 5.75 Å². The predicted molar refractivity (Wildman–Crippen MR) is 64.3 cm³/mol. The van der Waals surface area contributed by atoms with Crippen LogP contribution in [0.2, 0.25) is 0 Å². The first-order chi connectivity index (χ1) is 9.02. The van der Waals surface area contributed by atoms with Gasteiger partial charge in [-0.3, -0.25) is 9.59 Å². The average Bonchev–Trinajstić information content (AvgIpc) is 2.81. The second-order valence-corrected chi connectivity index (χ2v) is 4.42. The van der Waals surface area contributed by atoms with Crippen molar-refractivity contribution >= 4 is 11.6 Å². The Morgan fingerprint density at radius 1 is 1.26 bits per heavy atom. The summed E-state index contributed by atoms with van der Waals surface area (Å²) in [5, 5.41) is 20.0. The van der Waals surface area contributed by atoms with Crippen molar-refractivity contribution in [2.24, 2.45) is 0 Å². The third-order valence-corrected chi connectivity index (χ3v) is 3.26. The normalized spacial score (nSPS) is 16.9. The van der Waals surface area contributed by atoms with E-state index in [1.807, 2.05) is 0 Å². The molecule has 1 aliphatic rings. The van der Waals surface area contributed by atoms with E-state index in [1.165, 1.54) is 19.3 Å². The van der Waals surface area contributed by atoms with Crippen LogP contribution in [-0.2, 0) is 0 Å². The van der Waals surface area contributed by atoms with Crippen LogP contribution in [0.5, 0.6) is 5.75 Å². The molecule has 5 nitrogen and oxygen atoms in total. The molecule has 19 heavy (non-hydrogen) atoms. The minimum atomic E-state index is -1.09. The quantitative estimate of drug-likeness (QED) is 0.762. The number of hydrogen-bond donors (Lipinski definition) is 2. The number of fused-ring (bicyclic) bond motifs is 2. The molecule has 5 heteroatoms. The van der Waals surface area contributed by atoms with Gasteiger partial charge in [0.25, 0.3) is 0 Å². The van der Waals surface area contributed by atoms with E-state index in [2.05, 4.69) is 0 Å². The molecule has 0 radical (unpaired) electrons. The zero-order valence-electron chi connectivity index (χ0n) is 10.0. The van der Waals surface area contributed by atoms with Gasteiger partial charge >= 0.3 is 0 Å². The van der Waals surface area contributed by atoms with Gasteiger partial charge < -0.3 is 14.6 Å². The van der Waals surface area contributed by atoms with Gasteiger partial charge in [-0.05, 0) is 11.6 Å². The lowest BCUT2D eigenvalue weighted by atomic mass is 9.83. The molecule has 1 aliphatic carbocycles. The Labute approximate surface area is 108 Å². The average molecular weight is 258 g/mol. The number of carbonyl (C=O) groups is 2. The topological polar surface area (TPSA) is 87.7 Å². The first-order valence-electron chi connectivity index (χ1n) is 5.69. The van der Waals surface area contributed by atoms with Crippen LogP contribution in [0.3, 0.4) is 0 Å². The number of benzene rings is 1. The number of phenolic OH excluding ortho intramolecular Hbond substituents is 1. The molecule has 3 rings (SSSR count). The van der Waals surface area contributed by atoms with Gasteiger partial charge in [-0.15, -0.1) is 0 Å². The van der Waals surface area contributed by atoms with Crippen molar-refractivity contribution in [3.63, 3.8) is 0 Å². The molecule has 0 bridgehead atoms. The molecule has 0 fully saturated rings. The van der Waals surface area contributed by atoms with Gasteiger partial charge in [0, 0.05) is 12.5 Å². The molecule has 0 saturated carbocycles. The summed E-state index contributed by atoms with van der Waals surface area (Å²) in [6.07, 6.45) is 0.119. The standard InChI is InChI=1S/C14H10O5/c1-6(15)14-11-8(5-19-14)12(17)7-3-2-4-9(16)10(7)13(11)18/h2-5,12,16-17H,1H3/t12-/m1/s1. The fraction of sp³-hybridized carbons (Fsp3) is 0.143. The van der Waals surface area contributed by atoms with Crippen molar-refractivity contribution in [2.45, 2.75) is 13.0 Å². The van der Waals surface area contributed by atoms with Crippen LogP contribution in [0, 0.1) is 0 Å². The highest BCUT2D eigenvalue weighted by atomic mass is 16.3. The highest BCUT2D eigenvalue weighted by Crippen LogP contribution is 2.40. The molecule has 1 aromatic heterocycles. The Hall–Kier alpha value is -2.40. The fourth-order valence-corrected chi connectivity index (χ4v) is 2.39. The molecule has 1 aromatic carbocycles. The summed E-state index contributed by atoms with van der Waals surface area (Å²) in [5.41, 5.74) is 0.627. The van der Waals surface area contributed by atoms with Gasteiger partial charge in [0.05, 0.1) is 17.4 Å². The molecule has 96 valence electrons. The van der Waals surface area contributed by atoms with Crippen LogP contribution >= 0.6 is 0 Å². The highest BCUT2D eigenvalue weighted by Gasteiger charge is 2.37. The van der Waals surface area contributed by atoms with Crippen LogP contribution in [0.1, 0.15) is 50.6 Å². The number of aliphatic hydroxyl groups is 1. The predicted octanol–water partition coefficient (Wildman–Crippen LogP) is 1.81. The minimum absolute atomic E-state index is 0.0198. The summed E-state index contributed by atoms with van der Waals surface area (Å²) in [6.45, 7) is 1.28. The van der Waals surface area contributed by atoms with Gasteiger partial charge in [0.15, 0.2) is 11.5 Å². The summed E-state index contributed by atoms with van der Waals surface area (Å²) >= 11 is 0. The zero-order valence-corrected chi connectivity index (χ0v) is 10.0. The number of Topliss-reactive ketones (excluding diaryl/α,β-unsaturated/α-hetero) is 1. The molecule has 1 heterocycles. The first-order valence-corrected chi connectivity index (χ1v) is 5.69. The number of furan rings is 1. The van der Waals surface area contributed by atoms with E-state index in [0.29, 0.717) is 5.56 Å². The molecule has 0 amide bonds. The smallest absolute Gasteiger partial charge is 0.201 e. The van der Waals surface area contributed by atoms with E-state index in [9.17, 15) is 19.8 Å². The largest absolute Gasteiger partial charge is 0.507 e. The Balaban J connectivity index is 2.32. The number of rotatable bonds is 1. The van der Waals surface area contributed by atoms with Crippen molar-refractivity contribution in [1.29, 1.82) is 0 Å². The first kappa shape index (κ1) is 11.7. The lowest BCUT2D eigenvalue weighted by Crippen LogP contribution is -2.19. The zero-order chi connectivity index (χ0) is 13.7. The van der Waals surface area contributed by atoms with E-state index in [0.717, 1.165) is 0 Å². The number of aliphatic hydroxyl groups excluding tert-OH is 1. The fourth-order valence-electron chi connectivity index (χ4n) is 2.39. The SMILES string of the molecule is CC(=O)c1occ2c1C(=O)c1c(O)cccc1[C@H]2O. The minimum Gasteiger partial charge on any atom is -0.507 e. The van der Waals surface area contributed by atoms with Crippen LogP contribution < -0.4 is 0 Å². The van der Waals surface area contributed by atoms with Gasteiger partial charge in [-0.1, -0.05) is 12.1 Å². The lowest BCUT2D eigenvalue weighted by Gasteiger charge is -2.21. The summed E-state index contributed by atoms with van der Waals surface area (Å²) in [7, 11) is 0. The molecular formula is C14H10O5. The number of hydrogen-bond acceptors (Lipinski definition) is 5. The van der Waals surface area contributed by atoms with Crippen LogP contribution in [0.25, 0.3) is 0 Å². The van der Waals surface area contributed by atoms with E-state index < -0.39 is 17.7 Å². The lowest BCUT2D eigenvalue weighted by molar-refractivity contribution is 0.0962. The van der Waals surface area contributed by atoms with Gasteiger partial charge in [-0.2, -0.15) is 0 Å². The Morgan fingerprint density at radius 2 is 2.00 bits per heavy atom. The third kappa shape index (κ3) is 1.45. The molecule has 0 unspecified atom stereocenters. The van der Waals surface area contributed by atoms with E-state index in [1.54, 1.807) is 12.1 Å². The van der Waals surface area contributed by atoms with Gasteiger partial charge in [-0.25, -0.2) is 0 Å². The van der Waals surface area contributed by atoms with Crippen molar-refractivity contribution in [3.05, 3.63) is 52.5 Å². The Kier molecular flexibility index (Phi) is 2.33. The maximum atomic E-state index is 12.4. The second kappa shape index (κ2) is 3.80. The van der Waals surface area contributed by atoms with Crippen LogP contribution in [0.15, 0.2) is 28.9 Å².